The topological polar surface area (TPSA) is 97.0 Å². The third kappa shape index (κ3) is 3.01. The summed E-state index contributed by atoms with van der Waals surface area (Å²) in [6, 6.07) is 10.4. The maximum atomic E-state index is 13.2. The second-order valence-electron chi connectivity index (χ2n) is 6.22. The first-order valence-corrected chi connectivity index (χ1v) is 8.52. The molecule has 1 fully saturated rings. The zero-order valence-electron chi connectivity index (χ0n) is 14.1. The van der Waals surface area contributed by atoms with Crippen LogP contribution in [0.3, 0.4) is 0 Å². The van der Waals surface area contributed by atoms with Crippen molar-refractivity contribution in [3.63, 3.8) is 0 Å². The summed E-state index contributed by atoms with van der Waals surface area (Å²) in [5.74, 6) is -0.273. The van der Waals surface area contributed by atoms with Gasteiger partial charge >= 0.3 is 0 Å². The van der Waals surface area contributed by atoms with Gasteiger partial charge in [-0.2, -0.15) is 0 Å². The van der Waals surface area contributed by atoms with Crippen molar-refractivity contribution >= 4 is 5.91 Å². The van der Waals surface area contributed by atoms with Gasteiger partial charge in [0.05, 0.1) is 23.0 Å². The van der Waals surface area contributed by atoms with E-state index < -0.39 is 0 Å². The van der Waals surface area contributed by atoms with Crippen LogP contribution in [0.5, 0.6) is 5.75 Å². The van der Waals surface area contributed by atoms with Crippen molar-refractivity contribution in [2.45, 2.75) is 25.3 Å². The van der Waals surface area contributed by atoms with Gasteiger partial charge in [0.15, 0.2) is 0 Å². The van der Waals surface area contributed by atoms with Crippen molar-refractivity contribution in [1.82, 2.24) is 30.1 Å². The molecule has 26 heavy (non-hydrogen) atoms. The number of nitrogens with zero attached hydrogens (tertiary/aromatic N) is 6. The van der Waals surface area contributed by atoms with Crippen LogP contribution in [-0.4, -0.2) is 47.6 Å². The number of piperidine rings is 1. The van der Waals surface area contributed by atoms with Crippen LogP contribution in [0, 0.1) is 0 Å². The molecular weight excluding hydrogens is 332 g/mol. The molecule has 1 amide bonds. The number of phenolic OH excluding ortho intramolecular Hbond substituents is 1. The average molecular weight is 350 g/mol. The fraction of sp³-hybridized carbons (Fsp3) is 0.278. The second-order valence-corrected chi connectivity index (χ2v) is 6.22. The highest BCUT2D eigenvalue weighted by atomic mass is 16.3. The maximum absolute atomic E-state index is 13.2. The van der Waals surface area contributed by atoms with Gasteiger partial charge in [-0.05, 0) is 60.0 Å². The van der Waals surface area contributed by atoms with E-state index >= 15 is 0 Å². The zero-order valence-corrected chi connectivity index (χ0v) is 14.1. The number of benzene rings is 1. The number of hydrogen-bond acceptors (Lipinski definition) is 6. The number of pyridine rings is 1. The Hall–Kier alpha value is -3.29. The number of likely N-dealkylation sites (tertiary alicyclic amines) is 1. The summed E-state index contributed by atoms with van der Waals surface area (Å²) in [7, 11) is 0. The number of aromatic nitrogens is 5. The summed E-state index contributed by atoms with van der Waals surface area (Å²) in [5, 5.41) is 21.3. The van der Waals surface area contributed by atoms with Crippen LogP contribution in [0.1, 0.15) is 41.4 Å². The summed E-state index contributed by atoms with van der Waals surface area (Å²) in [4.78, 5) is 19.4. The molecule has 1 aliphatic rings. The van der Waals surface area contributed by atoms with Gasteiger partial charge in [0.25, 0.3) is 5.91 Å². The molecule has 2 aromatic heterocycles. The van der Waals surface area contributed by atoms with E-state index in [1.807, 2.05) is 18.2 Å². The van der Waals surface area contributed by atoms with Crippen LogP contribution in [0.4, 0.5) is 0 Å². The van der Waals surface area contributed by atoms with Crippen LogP contribution in [0.25, 0.3) is 5.69 Å². The third-order valence-electron chi connectivity index (χ3n) is 4.62. The molecule has 1 aliphatic heterocycles. The number of carbonyl (C=O) groups excluding carboxylic acids is 1. The number of amides is 1. The first-order valence-electron chi connectivity index (χ1n) is 8.52. The zero-order chi connectivity index (χ0) is 17.9. The smallest absolute Gasteiger partial charge is 0.258 e. The van der Waals surface area contributed by atoms with E-state index in [1.165, 1.54) is 17.1 Å². The first-order chi connectivity index (χ1) is 12.7. The van der Waals surface area contributed by atoms with Crippen molar-refractivity contribution < 1.29 is 9.90 Å². The third-order valence-corrected chi connectivity index (χ3v) is 4.62. The molecule has 0 saturated carbocycles. The number of phenols is 1. The molecule has 0 spiro atoms. The second kappa shape index (κ2) is 6.91. The van der Waals surface area contributed by atoms with Gasteiger partial charge in [0.2, 0.25) is 0 Å². The highest BCUT2D eigenvalue weighted by Crippen LogP contribution is 2.33. The van der Waals surface area contributed by atoms with E-state index in [2.05, 4.69) is 20.5 Å². The number of hydrogen-bond donors (Lipinski definition) is 1. The largest absolute Gasteiger partial charge is 0.507 e. The van der Waals surface area contributed by atoms with Gasteiger partial charge in [-0.15, -0.1) is 5.10 Å². The Kier molecular flexibility index (Phi) is 4.30. The number of carbonyl (C=O) groups is 1. The lowest BCUT2D eigenvalue weighted by molar-refractivity contribution is 0.0603. The summed E-state index contributed by atoms with van der Waals surface area (Å²) in [6.07, 6.45) is 6.01. The number of rotatable bonds is 3. The van der Waals surface area contributed by atoms with Gasteiger partial charge in [-0.25, -0.2) is 4.68 Å². The van der Waals surface area contributed by atoms with E-state index in [4.69, 9.17) is 0 Å². The van der Waals surface area contributed by atoms with E-state index in [0.717, 1.165) is 25.0 Å². The Morgan fingerprint density at radius 1 is 1.19 bits per heavy atom. The Morgan fingerprint density at radius 2 is 2.12 bits per heavy atom. The molecular formula is C18H18N6O2. The van der Waals surface area contributed by atoms with E-state index in [1.54, 1.807) is 23.2 Å². The standard InChI is InChI=1S/C18H18N6O2/c25-17-8-7-13(24-12-20-21-22-24)11-14(17)18(26)23-10-4-2-6-16(23)15-5-1-3-9-19-15/h1,3,5,7-9,11-12,16,25H,2,4,6,10H2/t16-/m0/s1. The minimum absolute atomic E-state index is 0.0582. The molecule has 1 atom stereocenters. The number of tetrazole rings is 1. The van der Waals surface area contributed by atoms with Crippen molar-refractivity contribution in [2.24, 2.45) is 0 Å². The Bertz CT molecular complexity index is 897. The fourth-order valence-corrected chi connectivity index (χ4v) is 3.33. The highest BCUT2D eigenvalue weighted by molar-refractivity contribution is 5.97. The van der Waals surface area contributed by atoms with Crippen LogP contribution in [0.15, 0.2) is 48.9 Å². The molecule has 0 bridgehead atoms. The lowest BCUT2D eigenvalue weighted by Gasteiger charge is -2.35. The Morgan fingerprint density at radius 3 is 2.88 bits per heavy atom. The molecule has 3 heterocycles. The predicted molar refractivity (Wildman–Crippen MR) is 92.7 cm³/mol. The molecule has 1 N–H and O–H groups in total. The average Bonchev–Trinajstić information content (AvgIpc) is 3.23. The molecule has 0 unspecified atom stereocenters. The maximum Gasteiger partial charge on any atom is 0.258 e. The molecule has 0 radical (unpaired) electrons. The Labute approximate surface area is 150 Å². The van der Waals surface area contributed by atoms with Crippen molar-refractivity contribution in [3.05, 3.63) is 60.2 Å². The summed E-state index contributed by atoms with van der Waals surface area (Å²) < 4.78 is 1.45. The monoisotopic (exact) mass is 350 g/mol. The van der Waals surface area contributed by atoms with Gasteiger partial charge in [0.1, 0.15) is 12.1 Å². The molecule has 4 rings (SSSR count). The molecule has 1 saturated heterocycles. The van der Waals surface area contributed by atoms with Crippen molar-refractivity contribution in [3.8, 4) is 11.4 Å². The van der Waals surface area contributed by atoms with Crippen LogP contribution in [-0.2, 0) is 0 Å². The van der Waals surface area contributed by atoms with Crippen LogP contribution < -0.4 is 0 Å². The first kappa shape index (κ1) is 16.2. The van der Waals surface area contributed by atoms with E-state index in [0.29, 0.717) is 12.2 Å². The van der Waals surface area contributed by atoms with E-state index in [9.17, 15) is 9.90 Å². The fourth-order valence-electron chi connectivity index (χ4n) is 3.33. The summed E-state index contributed by atoms with van der Waals surface area (Å²) in [5.41, 5.74) is 1.72. The minimum atomic E-state index is -0.215. The van der Waals surface area contributed by atoms with Gasteiger partial charge in [-0.1, -0.05) is 6.07 Å². The lowest BCUT2D eigenvalue weighted by atomic mass is 9.97. The van der Waals surface area contributed by atoms with Crippen LogP contribution in [0.2, 0.25) is 0 Å². The SMILES string of the molecule is O=C(c1cc(-n2cnnn2)ccc1O)N1CCCC[C@H]1c1ccccn1. The molecule has 1 aromatic carbocycles. The molecule has 3 aromatic rings. The lowest BCUT2D eigenvalue weighted by Crippen LogP contribution is -2.39. The van der Waals surface area contributed by atoms with Gasteiger partial charge in [0, 0.05) is 12.7 Å². The molecule has 8 heteroatoms. The normalized spacial score (nSPS) is 17.2. The summed E-state index contributed by atoms with van der Waals surface area (Å²) in [6.45, 7) is 0.634. The van der Waals surface area contributed by atoms with Crippen molar-refractivity contribution in [2.75, 3.05) is 6.54 Å². The minimum Gasteiger partial charge on any atom is -0.507 e. The Balaban J connectivity index is 1.68. The molecule has 8 nitrogen and oxygen atoms in total. The van der Waals surface area contributed by atoms with Gasteiger partial charge in [-0.3, -0.25) is 9.78 Å². The van der Waals surface area contributed by atoms with E-state index in [-0.39, 0.29) is 23.3 Å². The van der Waals surface area contributed by atoms with Crippen molar-refractivity contribution in [1.29, 1.82) is 0 Å². The highest BCUT2D eigenvalue weighted by Gasteiger charge is 2.30. The quantitative estimate of drug-likeness (QED) is 0.777. The van der Waals surface area contributed by atoms with Crippen LogP contribution >= 0.6 is 0 Å². The van der Waals surface area contributed by atoms with Gasteiger partial charge < -0.3 is 10.0 Å². The summed E-state index contributed by atoms with van der Waals surface area (Å²) >= 11 is 0. The molecule has 132 valence electrons. The molecule has 0 aliphatic carbocycles. The predicted octanol–water partition coefficient (Wildman–Crippen LogP) is 2.13. The number of aromatic hydroxyl groups is 1.